The first-order valence-corrected chi connectivity index (χ1v) is 11.1. The summed E-state index contributed by atoms with van der Waals surface area (Å²) in [6, 6.07) is 21.7. The molecule has 1 aliphatic rings. The molecule has 1 heterocycles. The Hall–Kier alpha value is -2.56. The van der Waals surface area contributed by atoms with Gasteiger partial charge in [0.15, 0.2) is 0 Å². The van der Waals surface area contributed by atoms with Gasteiger partial charge < -0.3 is 10.2 Å². The van der Waals surface area contributed by atoms with Crippen LogP contribution in [0.25, 0.3) is 12.2 Å². The molecule has 0 atom stereocenters. The van der Waals surface area contributed by atoms with Crippen molar-refractivity contribution >= 4 is 29.6 Å². The minimum absolute atomic E-state index is 0.356. The van der Waals surface area contributed by atoms with Gasteiger partial charge in [-0.2, -0.15) is 0 Å². The van der Waals surface area contributed by atoms with Gasteiger partial charge in [-0.25, -0.2) is 0 Å². The van der Waals surface area contributed by atoms with Crippen molar-refractivity contribution in [1.82, 2.24) is 10.3 Å². The number of thioether (sulfide) groups is 1. The second-order valence-electron chi connectivity index (χ2n) is 7.42. The van der Waals surface area contributed by atoms with Crippen molar-refractivity contribution in [2.24, 2.45) is 0 Å². The molecule has 4 rings (SSSR count). The van der Waals surface area contributed by atoms with E-state index < -0.39 is 0 Å². The summed E-state index contributed by atoms with van der Waals surface area (Å²) in [6.45, 7) is 1.74. The van der Waals surface area contributed by atoms with Crippen LogP contribution in [0.15, 0.2) is 66.9 Å². The van der Waals surface area contributed by atoms with E-state index in [0.29, 0.717) is 5.25 Å². The number of benzene rings is 2. The highest BCUT2D eigenvalue weighted by Gasteiger charge is 2.21. The van der Waals surface area contributed by atoms with Crippen LogP contribution in [-0.4, -0.2) is 31.4 Å². The van der Waals surface area contributed by atoms with Crippen molar-refractivity contribution < 1.29 is 0 Å². The highest BCUT2D eigenvalue weighted by molar-refractivity contribution is 7.99. The molecule has 1 N–H and O–H groups in total. The highest BCUT2D eigenvalue weighted by Crippen LogP contribution is 2.41. The van der Waals surface area contributed by atoms with E-state index in [0.717, 1.165) is 24.5 Å². The van der Waals surface area contributed by atoms with Crippen molar-refractivity contribution in [2.75, 3.05) is 31.3 Å². The lowest BCUT2D eigenvalue weighted by molar-refractivity contribution is 0.715. The Morgan fingerprint density at radius 2 is 1.59 bits per heavy atom. The molecule has 29 heavy (non-hydrogen) atoms. The van der Waals surface area contributed by atoms with Gasteiger partial charge in [0.1, 0.15) is 0 Å². The summed E-state index contributed by atoms with van der Waals surface area (Å²) < 4.78 is 0. The van der Waals surface area contributed by atoms with Crippen LogP contribution < -0.4 is 10.2 Å². The maximum Gasteiger partial charge on any atom is 0.0562 e. The summed E-state index contributed by atoms with van der Waals surface area (Å²) in [5.74, 6) is 1.04. The fourth-order valence-corrected chi connectivity index (χ4v) is 4.92. The molecule has 2 aromatic carbocycles. The molecule has 0 fully saturated rings. The predicted octanol–water partition coefficient (Wildman–Crippen LogP) is 5.24. The van der Waals surface area contributed by atoms with Crippen molar-refractivity contribution in [2.45, 2.75) is 11.8 Å². The molecule has 3 nitrogen and oxygen atoms in total. The van der Waals surface area contributed by atoms with E-state index in [1.54, 1.807) is 0 Å². The number of hydrogen-bond acceptors (Lipinski definition) is 4. The van der Waals surface area contributed by atoms with Gasteiger partial charge in [-0.05, 0) is 34.4 Å². The maximum absolute atomic E-state index is 4.48. The van der Waals surface area contributed by atoms with Crippen LogP contribution >= 0.6 is 11.8 Å². The number of nitrogens with one attached hydrogen (secondary N) is 1. The molecule has 0 radical (unpaired) electrons. The topological polar surface area (TPSA) is 28.2 Å². The highest BCUT2D eigenvalue weighted by atomic mass is 32.2. The molecular formula is C25H27N3S. The molecule has 0 saturated carbocycles. The number of hydrogen-bond donors (Lipinski definition) is 1. The molecule has 1 aromatic heterocycles. The van der Waals surface area contributed by atoms with E-state index >= 15 is 0 Å². The first-order valence-electron chi connectivity index (χ1n) is 10.0. The second kappa shape index (κ2) is 9.29. The third-order valence-electron chi connectivity index (χ3n) is 5.19. The number of rotatable bonds is 7. The van der Waals surface area contributed by atoms with Gasteiger partial charge in [-0.1, -0.05) is 60.7 Å². The first kappa shape index (κ1) is 19.7. The largest absolute Gasteiger partial charge is 0.378 e. The fraction of sp³-hybridized carbons (Fsp3) is 0.240. The number of anilines is 1. The van der Waals surface area contributed by atoms with E-state index in [-0.39, 0.29) is 0 Å². The lowest BCUT2D eigenvalue weighted by Crippen LogP contribution is -2.18. The smallest absolute Gasteiger partial charge is 0.0562 e. The van der Waals surface area contributed by atoms with Gasteiger partial charge in [0.25, 0.3) is 0 Å². The van der Waals surface area contributed by atoms with Crippen LogP contribution in [-0.2, 0) is 6.54 Å². The number of nitrogens with zero attached hydrogens (tertiary/aromatic N) is 2. The van der Waals surface area contributed by atoms with Gasteiger partial charge in [0.2, 0.25) is 0 Å². The monoisotopic (exact) mass is 401 g/mol. The van der Waals surface area contributed by atoms with Crippen molar-refractivity contribution in [3.8, 4) is 0 Å². The quantitative estimate of drug-likeness (QED) is 0.548. The lowest BCUT2D eigenvalue weighted by Gasteiger charge is -2.20. The molecule has 3 aromatic rings. The maximum atomic E-state index is 4.48. The molecule has 0 saturated heterocycles. The Bertz CT molecular complexity index is 947. The zero-order valence-corrected chi connectivity index (χ0v) is 17.8. The minimum Gasteiger partial charge on any atom is -0.378 e. The molecular weight excluding hydrogens is 374 g/mol. The van der Waals surface area contributed by atoms with E-state index in [2.05, 4.69) is 96.0 Å². The summed E-state index contributed by atoms with van der Waals surface area (Å²) in [7, 11) is 4.11. The molecule has 148 valence electrons. The van der Waals surface area contributed by atoms with Gasteiger partial charge in [0, 0.05) is 44.8 Å². The SMILES string of the molecule is CN(C)c1ccnc(CNCCSC2c3ccccc3C=Cc3ccccc32)c1. The predicted molar refractivity (Wildman–Crippen MR) is 126 cm³/mol. The van der Waals surface area contributed by atoms with E-state index in [1.807, 2.05) is 24.0 Å². The molecule has 0 aliphatic heterocycles. The van der Waals surface area contributed by atoms with E-state index in [9.17, 15) is 0 Å². The van der Waals surface area contributed by atoms with E-state index in [1.165, 1.54) is 27.9 Å². The molecule has 0 amide bonds. The summed E-state index contributed by atoms with van der Waals surface area (Å²) in [4.78, 5) is 6.58. The average molecular weight is 402 g/mol. The first-order chi connectivity index (χ1) is 14.2. The van der Waals surface area contributed by atoms with Crippen molar-refractivity contribution in [1.29, 1.82) is 0 Å². The Morgan fingerprint density at radius 1 is 0.931 bits per heavy atom. The molecule has 4 heteroatoms. The molecule has 0 spiro atoms. The van der Waals surface area contributed by atoms with E-state index in [4.69, 9.17) is 0 Å². The summed E-state index contributed by atoms with van der Waals surface area (Å²) in [5, 5.41) is 3.91. The average Bonchev–Trinajstić information content (AvgIpc) is 2.91. The third-order valence-corrected chi connectivity index (χ3v) is 6.47. The third kappa shape index (κ3) is 4.72. The van der Waals surface area contributed by atoms with Crippen LogP contribution in [0.3, 0.4) is 0 Å². The zero-order chi connectivity index (χ0) is 20.1. The van der Waals surface area contributed by atoms with Crippen LogP contribution in [0.1, 0.15) is 33.2 Å². The Kier molecular flexibility index (Phi) is 6.33. The minimum atomic E-state index is 0.356. The van der Waals surface area contributed by atoms with Crippen molar-refractivity contribution in [3.63, 3.8) is 0 Å². The lowest BCUT2D eigenvalue weighted by atomic mass is 9.99. The summed E-state index contributed by atoms with van der Waals surface area (Å²) in [5.41, 5.74) is 7.71. The Morgan fingerprint density at radius 3 is 2.24 bits per heavy atom. The van der Waals surface area contributed by atoms with Crippen LogP contribution in [0, 0.1) is 0 Å². The Labute approximate surface area is 177 Å². The molecule has 1 aliphatic carbocycles. The molecule has 0 bridgehead atoms. The standard InChI is InChI=1S/C25H27N3S/c1-28(2)22-13-14-27-21(17-22)18-26-15-16-29-25-23-9-5-3-7-19(23)11-12-20-8-4-6-10-24(20)25/h3-14,17,25-26H,15-16,18H2,1-2H3. The van der Waals surface area contributed by atoms with Crippen LogP contribution in [0.2, 0.25) is 0 Å². The number of pyridine rings is 1. The van der Waals surface area contributed by atoms with Gasteiger partial charge in [-0.15, -0.1) is 11.8 Å². The molecule has 0 unspecified atom stereocenters. The van der Waals surface area contributed by atoms with Crippen molar-refractivity contribution in [3.05, 3.63) is 94.8 Å². The summed E-state index contributed by atoms with van der Waals surface area (Å²) in [6.07, 6.45) is 6.38. The zero-order valence-electron chi connectivity index (χ0n) is 17.0. The van der Waals surface area contributed by atoms with Gasteiger partial charge in [-0.3, -0.25) is 4.98 Å². The fourth-order valence-electron chi connectivity index (χ4n) is 3.64. The Balaban J connectivity index is 1.40. The number of aromatic nitrogens is 1. The number of fused-ring (bicyclic) bond motifs is 2. The second-order valence-corrected chi connectivity index (χ2v) is 8.63. The van der Waals surface area contributed by atoms with Gasteiger partial charge in [0.05, 0.1) is 10.9 Å². The van der Waals surface area contributed by atoms with Gasteiger partial charge >= 0.3 is 0 Å². The normalized spacial score (nSPS) is 12.9. The van der Waals surface area contributed by atoms with Crippen LogP contribution in [0.4, 0.5) is 5.69 Å². The summed E-state index contributed by atoms with van der Waals surface area (Å²) >= 11 is 2.01. The van der Waals surface area contributed by atoms with Crippen LogP contribution in [0.5, 0.6) is 0 Å².